The van der Waals surface area contributed by atoms with E-state index < -0.39 is 0 Å². The fourth-order valence-electron chi connectivity index (χ4n) is 4.02. The van der Waals surface area contributed by atoms with Gasteiger partial charge in [-0.1, -0.05) is 0 Å². The predicted octanol–water partition coefficient (Wildman–Crippen LogP) is 3.11. The molecule has 2 fully saturated rings. The molecule has 2 aliphatic rings. The van der Waals surface area contributed by atoms with Gasteiger partial charge in [0, 0.05) is 23.5 Å². The number of rotatable bonds is 2. The van der Waals surface area contributed by atoms with Crippen molar-refractivity contribution >= 4 is 11.0 Å². The van der Waals surface area contributed by atoms with Gasteiger partial charge in [0.1, 0.15) is 17.4 Å². The number of ether oxygens (including phenoxy) is 1. The molecule has 4 nitrogen and oxygen atoms in total. The molecule has 0 radical (unpaired) electrons. The van der Waals surface area contributed by atoms with E-state index >= 15 is 0 Å². The Hall–Kier alpha value is -1.81. The lowest BCUT2D eigenvalue weighted by Crippen LogP contribution is -2.43. The third-order valence-electron chi connectivity index (χ3n) is 5.28. The molecule has 4 rings (SSSR count). The number of fused-ring (bicyclic) bond motifs is 3. The molecule has 2 atom stereocenters. The number of nitrogens with zero attached hydrogens (tertiary/aromatic N) is 1. The Bertz CT molecular complexity index is 753. The van der Waals surface area contributed by atoms with Crippen LogP contribution in [0, 0.1) is 6.92 Å². The molecule has 22 heavy (non-hydrogen) atoms. The minimum Gasteiger partial charge on any atom is -0.490 e. The van der Waals surface area contributed by atoms with Crippen LogP contribution in [0.5, 0.6) is 5.75 Å². The second-order valence-electron chi connectivity index (χ2n) is 6.67. The molecule has 0 amide bonds. The topological polar surface area (TPSA) is 42.7 Å². The summed E-state index contributed by atoms with van der Waals surface area (Å²) in [5.41, 5.74) is 1.26. The van der Waals surface area contributed by atoms with Crippen LogP contribution in [0.1, 0.15) is 31.2 Å². The highest BCUT2D eigenvalue weighted by atomic mass is 16.5. The zero-order valence-electron chi connectivity index (χ0n) is 13.0. The first-order valence-corrected chi connectivity index (χ1v) is 8.03. The van der Waals surface area contributed by atoms with Crippen molar-refractivity contribution in [2.45, 2.75) is 50.8 Å². The molecule has 2 saturated heterocycles. The summed E-state index contributed by atoms with van der Waals surface area (Å²) in [5.74, 6) is 0.874. The van der Waals surface area contributed by atoms with Crippen molar-refractivity contribution in [2.75, 3.05) is 7.05 Å². The molecule has 4 heteroatoms. The van der Waals surface area contributed by atoms with Gasteiger partial charge in [-0.15, -0.1) is 0 Å². The Morgan fingerprint density at radius 2 is 1.91 bits per heavy atom. The van der Waals surface area contributed by atoms with Gasteiger partial charge in [-0.25, -0.2) is 4.79 Å². The molecule has 0 aliphatic carbocycles. The average Bonchev–Trinajstić information content (AvgIpc) is 2.71. The molecule has 1 aromatic heterocycles. The van der Waals surface area contributed by atoms with Crippen LogP contribution in [0.2, 0.25) is 0 Å². The van der Waals surface area contributed by atoms with E-state index in [9.17, 15) is 4.79 Å². The quantitative estimate of drug-likeness (QED) is 0.799. The van der Waals surface area contributed by atoms with Gasteiger partial charge in [0.15, 0.2) is 0 Å². The highest BCUT2D eigenvalue weighted by Crippen LogP contribution is 2.36. The van der Waals surface area contributed by atoms with Gasteiger partial charge < -0.3 is 14.1 Å². The first-order valence-electron chi connectivity index (χ1n) is 8.03. The molecular weight excluding hydrogens is 278 g/mol. The Morgan fingerprint density at radius 1 is 1.18 bits per heavy atom. The molecule has 2 aromatic rings. The number of benzene rings is 1. The predicted molar refractivity (Wildman–Crippen MR) is 85.4 cm³/mol. The standard InChI is InChI=1S/C18H21NO3/c1-11-7-18(20)22-17-6-5-14(10-16(11)17)21-15-8-12-3-4-13(9-15)19(12)2/h5-7,10,12-13,15H,3-4,8-9H2,1-2H3. The minimum atomic E-state index is -0.300. The maximum absolute atomic E-state index is 11.4. The van der Waals surface area contributed by atoms with E-state index in [1.807, 2.05) is 25.1 Å². The lowest BCUT2D eigenvalue weighted by atomic mass is 10.0. The van der Waals surface area contributed by atoms with Crippen molar-refractivity contribution in [1.29, 1.82) is 0 Å². The first kappa shape index (κ1) is 13.8. The number of hydrogen-bond donors (Lipinski definition) is 0. The van der Waals surface area contributed by atoms with Crippen molar-refractivity contribution in [1.82, 2.24) is 4.90 Å². The molecule has 116 valence electrons. The maximum atomic E-state index is 11.4. The normalized spacial score (nSPS) is 28.2. The van der Waals surface area contributed by atoms with Crippen LogP contribution in [0.3, 0.4) is 0 Å². The molecule has 2 unspecified atom stereocenters. The van der Waals surface area contributed by atoms with Gasteiger partial charge in [0.2, 0.25) is 0 Å². The van der Waals surface area contributed by atoms with Gasteiger partial charge in [-0.05, 0) is 63.4 Å². The van der Waals surface area contributed by atoms with Crippen molar-refractivity contribution in [3.8, 4) is 5.75 Å². The second-order valence-corrected chi connectivity index (χ2v) is 6.67. The van der Waals surface area contributed by atoms with Crippen LogP contribution >= 0.6 is 0 Å². The van der Waals surface area contributed by atoms with Gasteiger partial charge >= 0.3 is 5.63 Å². The minimum absolute atomic E-state index is 0.294. The van der Waals surface area contributed by atoms with Gasteiger partial charge in [0.05, 0.1) is 0 Å². The molecule has 2 bridgehead atoms. The fourth-order valence-corrected chi connectivity index (χ4v) is 4.02. The number of aryl methyl sites for hydroxylation is 1. The van der Waals surface area contributed by atoms with E-state index in [1.165, 1.54) is 18.9 Å². The summed E-state index contributed by atoms with van der Waals surface area (Å²) < 4.78 is 11.5. The summed E-state index contributed by atoms with van der Waals surface area (Å²) in [6.07, 6.45) is 5.09. The monoisotopic (exact) mass is 299 g/mol. The van der Waals surface area contributed by atoms with E-state index in [-0.39, 0.29) is 5.63 Å². The van der Waals surface area contributed by atoms with E-state index in [1.54, 1.807) is 0 Å². The smallest absolute Gasteiger partial charge is 0.336 e. The van der Waals surface area contributed by atoms with Crippen LogP contribution in [-0.4, -0.2) is 30.1 Å². The summed E-state index contributed by atoms with van der Waals surface area (Å²) in [6, 6.07) is 8.61. The Labute approximate surface area is 129 Å². The van der Waals surface area contributed by atoms with Gasteiger partial charge in [0.25, 0.3) is 0 Å². The van der Waals surface area contributed by atoms with Crippen molar-refractivity contribution in [3.05, 3.63) is 40.2 Å². The van der Waals surface area contributed by atoms with Crippen LogP contribution in [0.15, 0.2) is 33.5 Å². The number of piperidine rings is 1. The molecule has 2 aliphatic heterocycles. The zero-order valence-corrected chi connectivity index (χ0v) is 13.0. The van der Waals surface area contributed by atoms with E-state index in [2.05, 4.69) is 11.9 Å². The zero-order chi connectivity index (χ0) is 15.3. The largest absolute Gasteiger partial charge is 0.490 e. The van der Waals surface area contributed by atoms with Crippen LogP contribution in [0.25, 0.3) is 11.0 Å². The third kappa shape index (κ3) is 2.31. The summed E-state index contributed by atoms with van der Waals surface area (Å²) in [4.78, 5) is 13.9. The van der Waals surface area contributed by atoms with Crippen molar-refractivity contribution < 1.29 is 9.15 Å². The van der Waals surface area contributed by atoms with Gasteiger partial charge in [-0.2, -0.15) is 0 Å². The Morgan fingerprint density at radius 3 is 2.64 bits per heavy atom. The van der Waals surface area contributed by atoms with Crippen LogP contribution in [-0.2, 0) is 0 Å². The third-order valence-corrected chi connectivity index (χ3v) is 5.28. The highest BCUT2D eigenvalue weighted by molar-refractivity contribution is 5.81. The van der Waals surface area contributed by atoms with E-state index in [0.717, 1.165) is 29.5 Å². The molecule has 1 aromatic carbocycles. The molecular formula is C18H21NO3. The number of hydrogen-bond acceptors (Lipinski definition) is 4. The highest BCUT2D eigenvalue weighted by Gasteiger charge is 2.39. The van der Waals surface area contributed by atoms with E-state index in [0.29, 0.717) is 23.8 Å². The Kier molecular flexibility index (Phi) is 3.22. The first-order chi connectivity index (χ1) is 10.6. The summed E-state index contributed by atoms with van der Waals surface area (Å²) in [5, 5.41) is 0.952. The summed E-state index contributed by atoms with van der Waals surface area (Å²) >= 11 is 0. The van der Waals surface area contributed by atoms with Crippen LogP contribution in [0.4, 0.5) is 0 Å². The summed E-state index contributed by atoms with van der Waals surface area (Å²) in [6.45, 7) is 1.93. The van der Waals surface area contributed by atoms with Crippen LogP contribution < -0.4 is 10.4 Å². The fraction of sp³-hybridized carbons (Fsp3) is 0.500. The van der Waals surface area contributed by atoms with Gasteiger partial charge in [-0.3, -0.25) is 0 Å². The SMILES string of the molecule is Cc1cc(=O)oc2ccc(OC3CC4CCC(C3)N4C)cc12. The molecule has 3 heterocycles. The Balaban J connectivity index is 1.59. The lowest BCUT2D eigenvalue weighted by molar-refractivity contribution is 0.0662. The molecule has 0 saturated carbocycles. The maximum Gasteiger partial charge on any atom is 0.336 e. The molecule has 0 spiro atoms. The lowest BCUT2D eigenvalue weighted by Gasteiger charge is -2.36. The second kappa shape index (κ2) is 5.13. The van der Waals surface area contributed by atoms with E-state index in [4.69, 9.17) is 9.15 Å². The molecule has 0 N–H and O–H groups in total. The van der Waals surface area contributed by atoms with Crippen molar-refractivity contribution in [3.63, 3.8) is 0 Å². The van der Waals surface area contributed by atoms with Crippen molar-refractivity contribution in [2.24, 2.45) is 0 Å². The summed E-state index contributed by atoms with van der Waals surface area (Å²) in [7, 11) is 2.24. The average molecular weight is 299 g/mol.